The molecule has 13 heavy (non-hydrogen) atoms. The summed E-state index contributed by atoms with van der Waals surface area (Å²) in [6.07, 6.45) is -3.10. The van der Waals surface area contributed by atoms with Gasteiger partial charge in [0, 0.05) is 6.20 Å². The van der Waals surface area contributed by atoms with E-state index in [9.17, 15) is 13.2 Å². The lowest BCUT2D eigenvalue weighted by Crippen LogP contribution is -2.06. The fourth-order valence-corrected chi connectivity index (χ4v) is 1.76. The van der Waals surface area contributed by atoms with Crippen molar-refractivity contribution >= 4 is 21.4 Å². The zero-order chi connectivity index (χ0) is 9.47. The van der Waals surface area contributed by atoms with Gasteiger partial charge in [-0.2, -0.15) is 13.2 Å². The molecule has 0 bridgehead atoms. The molecule has 0 saturated carbocycles. The Kier molecular flexibility index (Phi) is 1.76. The van der Waals surface area contributed by atoms with Gasteiger partial charge in [-0.05, 0) is 22.9 Å². The van der Waals surface area contributed by atoms with Crippen molar-refractivity contribution in [3.63, 3.8) is 0 Å². The highest BCUT2D eigenvalue weighted by Crippen LogP contribution is 2.30. The Morgan fingerprint density at radius 1 is 1.31 bits per heavy atom. The summed E-state index contributed by atoms with van der Waals surface area (Å²) in [6, 6.07) is 2.71. The van der Waals surface area contributed by atoms with Crippen molar-refractivity contribution in [2.75, 3.05) is 0 Å². The summed E-state index contributed by atoms with van der Waals surface area (Å²) < 4.78 is 37.3. The molecule has 2 heterocycles. The maximum absolute atomic E-state index is 12.2. The van der Waals surface area contributed by atoms with Crippen LogP contribution in [0.4, 0.5) is 13.2 Å². The van der Waals surface area contributed by atoms with Crippen molar-refractivity contribution in [2.45, 2.75) is 6.18 Å². The van der Waals surface area contributed by atoms with Crippen molar-refractivity contribution in [2.24, 2.45) is 0 Å². The molecule has 1 nitrogen and oxygen atoms in total. The van der Waals surface area contributed by atoms with E-state index in [0.717, 1.165) is 10.8 Å². The van der Waals surface area contributed by atoms with Gasteiger partial charge < -0.3 is 0 Å². The van der Waals surface area contributed by atoms with E-state index in [1.54, 1.807) is 11.4 Å². The van der Waals surface area contributed by atoms with Crippen molar-refractivity contribution in [3.8, 4) is 0 Å². The maximum atomic E-state index is 12.2. The molecule has 2 aromatic heterocycles. The summed E-state index contributed by atoms with van der Waals surface area (Å²) in [5.41, 5.74) is -0.835. The Bertz CT molecular complexity index is 432. The Balaban J connectivity index is 2.61. The van der Waals surface area contributed by atoms with E-state index in [1.165, 1.54) is 17.5 Å². The Hall–Kier alpha value is -1.10. The van der Waals surface area contributed by atoms with Gasteiger partial charge in [0.25, 0.3) is 0 Å². The minimum atomic E-state index is -4.35. The molecule has 0 saturated heterocycles. The van der Waals surface area contributed by atoms with Gasteiger partial charge in [-0.3, -0.25) is 4.98 Å². The summed E-state index contributed by atoms with van der Waals surface area (Å²) in [5.74, 6) is 0. The predicted octanol–water partition coefficient (Wildman–Crippen LogP) is 3.32. The summed E-state index contributed by atoms with van der Waals surface area (Å²) in [4.78, 5) is 3.34. The number of hydrogen-bond acceptors (Lipinski definition) is 2. The van der Waals surface area contributed by atoms with Crippen LogP contribution in [0.1, 0.15) is 5.69 Å². The number of nitrogens with zero attached hydrogens (tertiary/aromatic N) is 1. The zero-order valence-corrected chi connectivity index (χ0v) is 7.12. The lowest BCUT2D eigenvalue weighted by molar-refractivity contribution is -0.141. The molecule has 5 heteroatoms. The minimum Gasteiger partial charge on any atom is -0.250 e. The quantitative estimate of drug-likeness (QED) is 0.640. The molecule has 0 atom stereocenters. The number of aromatic nitrogens is 1. The molecule has 68 valence electrons. The van der Waals surface area contributed by atoms with Crippen LogP contribution in [0.15, 0.2) is 23.7 Å². The van der Waals surface area contributed by atoms with Crippen LogP contribution in [0.5, 0.6) is 0 Å². The molecule has 2 aromatic rings. The Morgan fingerprint density at radius 2 is 2.08 bits per heavy atom. The van der Waals surface area contributed by atoms with Gasteiger partial charge in [0.15, 0.2) is 0 Å². The van der Waals surface area contributed by atoms with Crippen LogP contribution in [0, 0.1) is 0 Å². The van der Waals surface area contributed by atoms with E-state index >= 15 is 0 Å². The maximum Gasteiger partial charge on any atom is 0.433 e. The monoisotopic (exact) mass is 203 g/mol. The van der Waals surface area contributed by atoms with Crippen LogP contribution in [-0.2, 0) is 6.18 Å². The van der Waals surface area contributed by atoms with Gasteiger partial charge in [-0.15, -0.1) is 11.3 Å². The van der Waals surface area contributed by atoms with Gasteiger partial charge in [-0.1, -0.05) is 0 Å². The van der Waals surface area contributed by atoms with E-state index in [4.69, 9.17) is 0 Å². The second-order valence-corrected chi connectivity index (χ2v) is 3.47. The smallest absolute Gasteiger partial charge is 0.250 e. The Morgan fingerprint density at radius 3 is 2.77 bits per heavy atom. The first-order chi connectivity index (χ1) is 6.07. The van der Waals surface area contributed by atoms with Crippen molar-refractivity contribution in [1.29, 1.82) is 0 Å². The minimum absolute atomic E-state index is 0.590. The summed E-state index contributed by atoms with van der Waals surface area (Å²) in [7, 11) is 0. The molecule has 0 fully saturated rings. The number of pyridine rings is 1. The van der Waals surface area contributed by atoms with Crippen LogP contribution in [0.25, 0.3) is 10.1 Å². The van der Waals surface area contributed by atoms with E-state index in [1.807, 2.05) is 0 Å². The second kappa shape index (κ2) is 2.70. The third-order valence-corrected chi connectivity index (χ3v) is 2.50. The average Bonchev–Trinajstić information content (AvgIpc) is 2.47. The predicted molar refractivity (Wildman–Crippen MR) is 44.6 cm³/mol. The molecular weight excluding hydrogens is 199 g/mol. The number of alkyl halides is 3. The summed E-state index contributed by atoms with van der Waals surface area (Å²) in [6.45, 7) is 0. The third-order valence-electron chi connectivity index (χ3n) is 1.63. The van der Waals surface area contributed by atoms with E-state index in [-0.39, 0.29) is 0 Å². The van der Waals surface area contributed by atoms with Gasteiger partial charge in [0.05, 0.1) is 4.70 Å². The molecule has 0 spiro atoms. The number of thiophene rings is 1. The third kappa shape index (κ3) is 1.51. The fourth-order valence-electron chi connectivity index (χ4n) is 1.02. The van der Waals surface area contributed by atoms with Crippen LogP contribution < -0.4 is 0 Å². The number of rotatable bonds is 0. The fraction of sp³-hybridized carbons (Fsp3) is 0.125. The van der Waals surface area contributed by atoms with E-state index < -0.39 is 11.9 Å². The molecule has 0 aliphatic heterocycles. The van der Waals surface area contributed by atoms with Crippen molar-refractivity contribution in [3.05, 3.63) is 29.4 Å². The topological polar surface area (TPSA) is 12.9 Å². The van der Waals surface area contributed by atoms with Crippen LogP contribution in [0.2, 0.25) is 0 Å². The Labute approximate surface area is 75.8 Å². The number of hydrogen-bond donors (Lipinski definition) is 0. The van der Waals surface area contributed by atoms with Crippen molar-refractivity contribution < 1.29 is 13.2 Å². The summed E-state index contributed by atoms with van der Waals surface area (Å²) in [5, 5.41) is 2.33. The highest BCUT2D eigenvalue weighted by molar-refractivity contribution is 7.17. The molecule has 0 radical (unpaired) electrons. The molecule has 0 aromatic carbocycles. The molecular formula is C8H4F3NS. The zero-order valence-electron chi connectivity index (χ0n) is 6.30. The second-order valence-electron chi connectivity index (χ2n) is 2.53. The normalized spacial score (nSPS) is 12.2. The van der Waals surface area contributed by atoms with Gasteiger partial charge in [0.2, 0.25) is 0 Å². The van der Waals surface area contributed by atoms with Crippen molar-refractivity contribution in [1.82, 2.24) is 4.98 Å². The molecule has 0 amide bonds. The molecule has 0 unspecified atom stereocenters. The van der Waals surface area contributed by atoms with Gasteiger partial charge in [0.1, 0.15) is 5.69 Å². The number of fused-ring (bicyclic) bond motifs is 1. The molecule has 0 N–H and O–H groups in total. The highest BCUT2D eigenvalue weighted by atomic mass is 32.1. The lowest BCUT2D eigenvalue weighted by atomic mass is 10.3. The highest BCUT2D eigenvalue weighted by Gasteiger charge is 2.32. The SMILES string of the molecule is FC(F)(F)c1cc2ccsc2cn1. The standard InChI is InChI=1S/C8H4F3NS/c9-8(10,11)7-3-5-1-2-13-6(5)4-12-7/h1-4H. The van der Waals surface area contributed by atoms with Gasteiger partial charge in [-0.25, -0.2) is 0 Å². The summed E-state index contributed by atoms with van der Waals surface area (Å²) >= 11 is 1.38. The van der Waals surface area contributed by atoms with Crippen LogP contribution in [-0.4, -0.2) is 4.98 Å². The molecule has 0 aliphatic rings. The molecule has 0 aliphatic carbocycles. The largest absolute Gasteiger partial charge is 0.433 e. The average molecular weight is 203 g/mol. The first-order valence-electron chi connectivity index (χ1n) is 3.48. The van der Waals surface area contributed by atoms with Crippen LogP contribution >= 0.6 is 11.3 Å². The van der Waals surface area contributed by atoms with Gasteiger partial charge >= 0.3 is 6.18 Å². The van der Waals surface area contributed by atoms with E-state index in [2.05, 4.69) is 4.98 Å². The first-order valence-corrected chi connectivity index (χ1v) is 4.36. The van der Waals surface area contributed by atoms with Crippen LogP contribution in [0.3, 0.4) is 0 Å². The molecule has 2 rings (SSSR count). The lowest BCUT2D eigenvalue weighted by Gasteiger charge is -2.04. The van der Waals surface area contributed by atoms with E-state index in [0.29, 0.717) is 5.39 Å². The first kappa shape index (κ1) is 8.50. The number of halogens is 3.